The van der Waals surface area contributed by atoms with Crippen LogP contribution in [0.15, 0.2) is 60.4 Å². The maximum atomic E-state index is 5.21. The first-order valence-corrected chi connectivity index (χ1v) is 8.20. The summed E-state index contributed by atoms with van der Waals surface area (Å²) >= 11 is 1.69. The lowest BCUT2D eigenvalue weighted by Crippen LogP contribution is -1.99. The van der Waals surface area contributed by atoms with Gasteiger partial charge in [-0.2, -0.15) is 0 Å². The van der Waals surface area contributed by atoms with Gasteiger partial charge in [0.05, 0.1) is 17.7 Å². The number of ether oxygens (including phenoxy) is 1. The van der Waals surface area contributed by atoms with E-state index >= 15 is 0 Å². The molecule has 0 aliphatic heterocycles. The van der Waals surface area contributed by atoms with Crippen molar-refractivity contribution in [3.05, 3.63) is 65.9 Å². The van der Waals surface area contributed by atoms with Crippen molar-refractivity contribution in [3.8, 4) is 16.3 Å². The second-order valence-electron chi connectivity index (χ2n) is 5.23. The number of hydrogen-bond donors (Lipinski definition) is 0. The fourth-order valence-electron chi connectivity index (χ4n) is 2.67. The quantitative estimate of drug-likeness (QED) is 0.565. The van der Waals surface area contributed by atoms with Crippen LogP contribution in [0.2, 0.25) is 0 Å². The van der Waals surface area contributed by atoms with E-state index in [-0.39, 0.29) is 0 Å². The molecule has 4 aromatic rings. The van der Waals surface area contributed by atoms with Crippen LogP contribution in [-0.4, -0.2) is 21.6 Å². The lowest BCUT2D eigenvalue weighted by Gasteiger charge is -2.07. The Balaban J connectivity index is 1.72. The first-order valence-electron chi connectivity index (χ1n) is 7.32. The van der Waals surface area contributed by atoms with E-state index in [9.17, 15) is 0 Å². The Kier molecular flexibility index (Phi) is 3.55. The summed E-state index contributed by atoms with van der Waals surface area (Å²) in [6, 6.07) is 14.3. The van der Waals surface area contributed by atoms with Crippen LogP contribution in [0.25, 0.3) is 21.6 Å². The van der Waals surface area contributed by atoms with Gasteiger partial charge >= 0.3 is 0 Å². The van der Waals surface area contributed by atoms with Crippen molar-refractivity contribution in [3.63, 3.8) is 0 Å². The van der Waals surface area contributed by atoms with Crippen molar-refractivity contribution < 1.29 is 4.74 Å². The molecule has 3 aromatic heterocycles. The number of rotatable bonds is 4. The minimum absolute atomic E-state index is 0.772. The number of thiophene rings is 1. The van der Waals surface area contributed by atoms with Crippen molar-refractivity contribution >= 4 is 22.4 Å². The molecule has 23 heavy (non-hydrogen) atoms. The zero-order valence-electron chi connectivity index (χ0n) is 12.6. The fourth-order valence-corrected chi connectivity index (χ4v) is 3.40. The van der Waals surface area contributed by atoms with Crippen LogP contribution in [0, 0.1) is 0 Å². The number of fused-ring (bicyclic) bond motifs is 1. The molecule has 5 heteroatoms. The molecule has 0 saturated heterocycles. The van der Waals surface area contributed by atoms with Crippen LogP contribution >= 0.6 is 11.3 Å². The Morgan fingerprint density at radius 1 is 1.09 bits per heavy atom. The molecular weight excluding hydrogens is 306 g/mol. The molecule has 0 fully saturated rings. The first-order chi connectivity index (χ1) is 11.3. The Morgan fingerprint density at radius 3 is 2.70 bits per heavy atom. The molecule has 1 aromatic carbocycles. The first kappa shape index (κ1) is 14.0. The highest BCUT2D eigenvalue weighted by Crippen LogP contribution is 2.29. The van der Waals surface area contributed by atoms with Gasteiger partial charge < -0.3 is 9.30 Å². The number of hydrogen-bond acceptors (Lipinski definition) is 4. The summed E-state index contributed by atoms with van der Waals surface area (Å²) < 4.78 is 7.35. The van der Waals surface area contributed by atoms with E-state index < -0.39 is 0 Å². The third-order valence-electron chi connectivity index (χ3n) is 3.82. The van der Waals surface area contributed by atoms with E-state index in [1.165, 1.54) is 10.4 Å². The van der Waals surface area contributed by atoms with Gasteiger partial charge in [-0.05, 0) is 35.2 Å². The van der Waals surface area contributed by atoms with Crippen molar-refractivity contribution in [2.24, 2.45) is 0 Å². The third-order valence-corrected chi connectivity index (χ3v) is 4.70. The van der Waals surface area contributed by atoms with Gasteiger partial charge in [0, 0.05) is 18.1 Å². The molecular formula is C18H15N3OS. The molecule has 4 nitrogen and oxygen atoms in total. The topological polar surface area (TPSA) is 39.9 Å². The Bertz CT molecular complexity index is 927. The van der Waals surface area contributed by atoms with Crippen molar-refractivity contribution in [2.75, 3.05) is 7.11 Å². The number of nitrogens with zero attached hydrogens (tertiary/aromatic N) is 3. The maximum absolute atomic E-state index is 5.21. The second-order valence-corrected chi connectivity index (χ2v) is 6.18. The van der Waals surface area contributed by atoms with Crippen molar-refractivity contribution in [2.45, 2.75) is 6.54 Å². The number of aromatic nitrogens is 3. The smallest absolute Gasteiger partial charge is 0.144 e. The molecule has 0 amide bonds. The number of benzene rings is 1. The van der Waals surface area contributed by atoms with Gasteiger partial charge in [0.2, 0.25) is 0 Å². The van der Waals surface area contributed by atoms with E-state index in [0.29, 0.717) is 0 Å². The Morgan fingerprint density at radius 2 is 1.96 bits per heavy atom. The van der Waals surface area contributed by atoms with Crippen LogP contribution in [0.4, 0.5) is 0 Å². The molecule has 114 valence electrons. The lowest BCUT2D eigenvalue weighted by atomic mass is 10.2. The maximum Gasteiger partial charge on any atom is 0.144 e. The average molecular weight is 321 g/mol. The second kappa shape index (κ2) is 5.85. The van der Waals surface area contributed by atoms with Crippen molar-refractivity contribution in [1.82, 2.24) is 14.5 Å². The standard InChI is InChI=1S/C18H15N3OS/c1-22-14-6-4-13(5-7-14)11-21-9-8-15-17(16-3-2-10-23-16)19-12-20-18(15)21/h2-10,12H,11H2,1H3. The Hall–Kier alpha value is -2.66. The van der Waals surface area contributed by atoms with Gasteiger partial charge in [-0.15, -0.1) is 11.3 Å². The molecule has 3 heterocycles. The van der Waals surface area contributed by atoms with Crippen LogP contribution in [0.3, 0.4) is 0 Å². The van der Waals surface area contributed by atoms with Crippen LogP contribution < -0.4 is 4.74 Å². The predicted molar refractivity (Wildman–Crippen MR) is 92.9 cm³/mol. The monoisotopic (exact) mass is 321 g/mol. The summed E-state index contributed by atoms with van der Waals surface area (Å²) in [7, 11) is 1.68. The zero-order chi connectivity index (χ0) is 15.6. The van der Waals surface area contributed by atoms with Gasteiger partial charge in [0.15, 0.2) is 0 Å². The minimum atomic E-state index is 0.772. The number of methoxy groups -OCH3 is 1. The molecule has 0 bridgehead atoms. The molecule has 0 radical (unpaired) electrons. The minimum Gasteiger partial charge on any atom is -0.497 e. The zero-order valence-corrected chi connectivity index (χ0v) is 13.5. The van der Waals surface area contributed by atoms with Gasteiger partial charge in [0.1, 0.15) is 17.7 Å². The van der Waals surface area contributed by atoms with Crippen molar-refractivity contribution in [1.29, 1.82) is 0 Å². The van der Waals surface area contributed by atoms with E-state index in [1.54, 1.807) is 24.8 Å². The molecule has 0 unspecified atom stereocenters. The molecule has 0 atom stereocenters. The van der Waals surface area contributed by atoms with Gasteiger partial charge in [-0.25, -0.2) is 9.97 Å². The summed E-state index contributed by atoms with van der Waals surface area (Å²) in [5.41, 5.74) is 3.16. The third kappa shape index (κ3) is 2.59. The van der Waals surface area contributed by atoms with Gasteiger partial charge in [-0.1, -0.05) is 18.2 Å². The fraction of sp³-hybridized carbons (Fsp3) is 0.111. The van der Waals surface area contributed by atoms with Gasteiger partial charge in [0.25, 0.3) is 0 Å². The SMILES string of the molecule is COc1ccc(Cn2ccc3c(-c4cccs4)ncnc32)cc1. The molecule has 0 aliphatic carbocycles. The van der Waals surface area contributed by atoms with E-state index in [1.807, 2.05) is 18.2 Å². The van der Waals surface area contributed by atoms with E-state index in [2.05, 4.69) is 50.4 Å². The van der Waals surface area contributed by atoms with Crippen LogP contribution in [-0.2, 0) is 6.54 Å². The highest BCUT2D eigenvalue weighted by Gasteiger charge is 2.11. The molecule has 0 saturated carbocycles. The summed E-state index contributed by atoms with van der Waals surface area (Å²) in [5.74, 6) is 0.869. The molecule has 0 aliphatic rings. The highest BCUT2D eigenvalue weighted by molar-refractivity contribution is 7.13. The highest BCUT2D eigenvalue weighted by atomic mass is 32.1. The molecule has 0 N–H and O–H groups in total. The Labute approximate surface area is 138 Å². The normalized spacial score (nSPS) is 11.0. The predicted octanol–water partition coefficient (Wildman–Crippen LogP) is 4.22. The summed E-state index contributed by atoms with van der Waals surface area (Å²) in [5, 5.41) is 3.15. The summed E-state index contributed by atoms with van der Waals surface area (Å²) in [4.78, 5) is 10.1. The molecule has 0 spiro atoms. The van der Waals surface area contributed by atoms with Crippen LogP contribution in [0.1, 0.15) is 5.56 Å². The summed E-state index contributed by atoms with van der Waals surface area (Å²) in [6.07, 6.45) is 3.71. The van der Waals surface area contributed by atoms with Gasteiger partial charge in [-0.3, -0.25) is 0 Å². The van der Waals surface area contributed by atoms with E-state index in [0.717, 1.165) is 29.0 Å². The average Bonchev–Trinajstić information content (AvgIpc) is 3.26. The lowest BCUT2D eigenvalue weighted by molar-refractivity contribution is 0.414. The molecule has 4 rings (SSSR count). The largest absolute Gasteiger partial charge is 0.497 e. The summed E-state index contributed by atoms with van der Waals surface area (Å²) in [6.45, 7) is 0.772. The van der Waals surface area contributed by atoms with Crippen LogP contribution in [0.5, 0.6) is 5.75 Å². The van der Waals surface area contributed by atoms with E-state index in [4.69, 9.17) is 4.74 Å².